The number of carbonyl (C=O) groups is 1. The van der Waals surface area contributed by atoms with Crippen LogP contribution in [0.25, 0.3) is 0 Å². The van der Waals surface area contributed by atoms with Crippen LogP contribution in [-0.4, -0.2) is 28.4 Å². The van der Waals surface area contributed by atoms with Crippen LogP contribution in [0.5, 0.6) is 0 Å². The second-order valence-corrected chi connectivity index (χ2v) is 3.61. The fraction of sp³-hybridized carbons (Fsp3) is 0.273. The highest BCUT2D eigenvalue weighted by Gasteiger charge is 2.19. The smallest absolute Gasteiger partial charge is 0.277 e. The average Bonchev–Trinajstić information content (AvgIpc) is 2.38. The van der Waals surface area contributed by atoms with E-state index >= 15 is 0 Å². The van der Waals surface area contributed by atoms with Crippen LogP contribution in [-0.2, 0) is 0 Å². The Hall–Kier alpha value is -2.64. The van der Waals surface area contributed by atoms with Gasteiger partial charge in [-0.05, 0) is 12.6 Å². The molecule has 0 heterocycles. The Morgan fingerprint density at radius 1 is 1.21 bits per heavy atom. The van der Waals surface area contributed by atoms with Crippen LogP contribution in [0.2, 0.25) is 0 Å². The van der Waals surface area contributed by atoms with Gasteiger partial charge in [0.25, 0.3) is 11.4 Å². The molecule has 0 radical (unpaired) electrons. The molecule has 1 aromatic carbocycles. The van der Waals surface area contributed by atoms with E-state index in [2.05, 4.69) is 4.99 Å². The Morgan fingerprint density at radius 2 is 1.74 bits per heavy atom. The molecule has 0 bridgehead atoms. The SMILES string of the molecule is CCC=NCC(=O)c1cc([N+](=O)[O-])cc([N+](=O)[O-])c1. The lowest BCUT2D eigenvalue weighted by atomic mass is 10.1. The fourth-order valence-corrected chi connectivity index (χ4v) is 1.33. The molecule has 0 aliphatic heterocycles. The molecule has 0 saturated heterocycles. The maximum atomic E-state index is 11.7. The summed E-state index contributed by atoms with van der Waals surface area (Å²) in [6.45, 7) is 1.65. The molecule has 0 N–H and O–H groups in total. The highest BCUT2D eigenvalue weighted by Crippen LogP contribution is 2.22. The van der Waals surface area contributed by atoms with Crippen LogP contribution in [0, 0.1) is 20.2 Å². The number of non-ortho nitro benzene ring substituents is 2. The summed E-state index contributed by atoms with van der Waals surface area (Å²) in [6.07, 6.45) is 2.19. The predicted octanol–water partition coefficient (Wildman–Crippen LogP) is 2.17. The molecule has 1 aromatic rings. The monoisotopic (exact) mass is 265 g/mol. The lowest BCUT2D eigenvalue weighted by molar-refractivity contribution is -0.394. The minimum absolute atomic E-state index is 0.0887. The molecule has 1 rings (SSSR count). The summed E-state index contributed by atoms with van der Waals surface area (Å²) < 4.78 is 0. The van der Waals surface area contributed by atoms with Crippen molar-refractivity contribution in [1.29, 1.82) is 0 Å². The van der Waals surface area contributed by atoms with Crippen molar-refractivity contribution >= 4 is 23.4 Å². The lowest BCUT2D eigenvalue weighted by Gasteiger charge is -1.99. The Kier molecular flexibility index (Phi) is 4.81. The van der Waals surface area contributed by atoms with Gasteiger partial charge in [0.1, 0.15) is 6.54 Å². The number of nitrogens with zero attached hydrogens (tertiary/aromatic N) is 3. The average molecular weight is 265 g/mol. The second-order valence-electron chi connectivity index (χ2n) is 3.61. The highest BCUT2D eigenvalue weighted by molar-refractivity contribution is 5.99. The van der Waals surface area contributed by atoms with E-state index in [0.717, 1.165) is 18.2 Å². The first kappa shape index (κ1) is 14.4. The van der Waals surface area contributed by atoms with Gasteiger partial charge in [-0.1, -0.05) is 6.92 Å². The van der Waals surface area contributed by atoms with Crippen molar-refractivity contribution in [3.05, 3.63) is 44.0 Å². The molecule has 8 heteroatoms. The molecule has 0 aliphatic carbocycles. The number of rotatable bonds is 6. The molecule has 0 unspecified atom stereocenters. The standard InChI is InChI=1S/C11H11N3O5/c1-2-3-12-7-11(15)8-4-9(13(16)17)6-10(5-8)14(18)19/h3-6H,2,7H2,1H3. The van der Waals surface area contributed by atoms with Gasteiger partial charge in [0.2, 0.25) is 0 Å². The van der Waals surface area contributed by atoms with Gasteiger partial charge in [0.15, 0.2) is 5.78 Å². The zero-order valence-corrected chi connectivity index (χ0v) is 10.1. The first-order valence-corrected chi connectivity index (χ1v) is 5.41. The maximum Gasteiger partial charge on any atom is 0.277 e. The van der Waals surface area contributed by atoms with Crippen LogP contribution in [0.4, 0.5) is 11.4 Å². The Balaban J connectivity index is 3.12. The molecule has 19 heavy (non-hydrogen) atoms. The van der Waals surface area contributed by atoms with Crippen molar-refractivity contribution in [1.82, 2.24) is 0 Å². The van der Waals surface area contributed by atoms with Gasteiger partial charge >= 0.3 is 0 Å². The van der Waals surface area contributed by atoms with E-state index in [0.29, 0.717) is 6.42 Å². The Morgan fingerprint density at radius 3 is 2.16 bits per heavy atom. The number of carbonyl (C=O) groups excluding carboxylic acids is 1. The molecule has 0 aromatic heterocycles. The van der Waals surface area contributed by atoms with E-state index in [-0.39, 0.29) is 12.1 Å². The third-order valence-electron chi connectivity index (χ3n) is 2.19. The number of aliphatic imine (C=N–C) groups is 1. The molecule has 0 spiro atoms. The summed E-state index contributed by atoms with van der Waals surface area (Å²) in [5, 5.41) is 21.3. The van der Waals surface area contributed by atoms with E-state index in [1.165, 1.54) is 6.21 Å². The van der Waals surface area contributed by atoms with Gasteiger partial charge in [-0.2, -0.15) is 0 Å². The minimum Gasteiger partial charge on any atom is -0.292 e. The largest absolute Gasteiger partial charge is 0.292 e. The fourth-order valence-electron chi connectivity index (χ4n) is 1.33. The maximum absolute atomic E-state index is 11.7. The van der Waals surface area contributed by atoms with Crippen molar-refractivity contribution in [2.24, 2.45) is 4.99 Å². The number of nitro benzene ring substituents is 2. The number of Topliss-reactive ketones (excluding diaryl/α,β-unsaturated/α-hetero) is 1. The molecule has 8 nitrogen and oxygen atoms in total. The molecular weight excluding hydrogens is 254 g/mol. The second kappa shape index (κ2) is 6.34. The van der Waals surface area contributed by atoms with Crippen LogP contribution in [0.3, 0.4) is 0 Å². The van der Waals surface area contributed by atoms with Gasteiger partial charge < -0.3 is 0 Å². The van der Waals surface area contributed by atoms with Crippen LogP contribution in [0.15, 0.2) is 23.2 Å². The number of nitro groups is 2. The molecule has 0 atom stereocenters. The summed E-state index contributed by atoms with van der Waals surface area (Å²) >= 11 is 0. The van der Waals surface area contributed by atoms with Gasteiger partial charge in [0.05, 0.1) is 15.9 Å². The van der Waals surface area contributed by atoms with E-state index in [1.807, 2.05) is 6.92 Å². The van der Waals surface area contributed by atoms with Crippen molar-refractivity contribution < 1.29 is 14.6 Å². The summed E-state index contributed by atoms with van der Waals surface area (Å²) in [5.74, 6) is -0.503. The normalized spacial score (nSPS) is 10.6. The van der Waals surface area contributed by atoms with E-state index in [9.17, 15) is 25.0 Å². The Bertz CT molecular complexity index is 521. The summed E-state index contributed by atoms with van der Waals surface area (Å²) in [6, 6.07) is 2.83. The third kappa shape index (κ3) is 3.95. The number of ketones is 1. The lowest BCUT2D eigenvalue weighted by Crippen LogP contribution is -2.05. The summed E-state index contributed by atoms with van der Waals surface area (Å²) in [7, 11) is 0. The molecule has 0 aliphatic rings. The topological polar surface area (TPSA) is 116 Å². The molecular formula is C11H11N3O5. The van der Waals surface area contributed by atoms with Gasteiger partial charge in [-0.15, -0.1) is 0 Å². The first-order valence-electron chi connectivity index (χ1n) is 5.41. The van der Waals surface area contributed by atoms with Crippen molar-refractivity contribution in [2.75, 3.05) is 6.54 Å². The van der Waals surface area contributed by atoms with E-state index in [4.69, 9.17) is 0 Å². The Labute approximate surface area is 108 Å². The zero-order valence-electron chi connectivity index (χ0n) is 10.1. The molecule has 0 saturated carbocycles. The van der Waals surface area contributed by atoms with E-state index in [1.54, 1.807) is 0 Å². The summed E-state index contributed by atoms with van der Waals surface area (Å²) in [5.41, 5.74) is -1.07. The third-order valence-corrected chi connectivity index (χ3v) is 2.19. The van der Waals surface area contributed by atoms with Crippen LogP contribution in [0.1, 0.15) is 23.7 Å². The van der Waals surface area contributed by atoms with Gasteiger partial charge in [-0.3, -0.25) is 30.0 Å². The van der Waals surface area contributed by atoms with Gasteiger partial charge in [-0.25, -0.2) is 0 Å². The minimum atomic E-state index is -0.779. The molecule has 0 amide bonds. The quantitative estimate of drug-likeness (QED) is 0.338. The van der Waals surface area contributed by atoms with Gasteiger partial charge in [0, 0.05) is 17.7 Å². The van der Waals surface area contributed by atoms with Crippen LogP contribution >= 0.6 is 0 Å². The van der Waals surface area contributed by atoms with Crippen molar-refractivity contribution in [3.8, 4) is 0 Å². The van der Waals surface area contributed by atoms with Crippen molar-refractivity contribution in [3.63, 3.8) is 0 Å². The first-order chi connectivity index (χ1) is 8.95. The highest BCUT2D eigenvalue weighted by atomic mass is 16.6. The molecule has 0 fully saturated rings. The number of hydrogen-bond acceptors (Lipinski definition) is 6. The van der Waals surface area contributed by atoms with E-state index < -0.39 is 27.0 Å². The van der Waals surface area contributed by atoms with Crippen LogP contribution < -0.4 is 0 Å². The number of hydrogen-bond donors (Lipinski definition) is 0. The predicted molar refractivity (Wildman–Crippen MR) is 67.7 cm³/mol. The zero-order chi connectivity index (χ0) is 14.4. The number of benzene rings is 1. The van der Waals surface area contributed by atoms with Crippen molar-refractivity contribution in [2.45, 2.75) is 13.3 Å². The molecule has 100 valence electrons. The summed E-state index contributed by atoms with van der Waals surface area (Å²) in [4.78, 5) is 35.3.